The van der Waals surface area contributed by atoms with E-state index in [1.807, 2.05) is 0 Å². The van der Waals surface area contributed by atoms with Gasteiger partial charge in [0.1, 0.15) is 0 Å². The highest BCUT2D eigenvalue weighted by Gasteiger charge is 2.24. The molecule has 1 rings (SSSR count). The second-order valence-electron chi connectivity index (χ2n) is 5.35. The quantitative estimate of drug-likeness (QED) is 0.273. The summed E-state index contributed by atoms with van der Waals surface area (Å²) >= 11 is 0. The molecule has 0 bridgehead atoms. The van der Waals surface area contributed by atoms with E-state index in [1.54, 1.807) is 14.2 Å². The molecule has 1 unspecified atom stereocenters. The number of methoxy groups -OCH3 is 2. The van der Waals surface area contributed by atoms with Crippen LogP contribution in [0.5, 0.6) is 0 Å². The summed E-state index contributed by atoms with van der Waals surface area (Å²) in [6.45, 7) is 7.80. The second kappa shape index (κ2) is 13.6. The molecule has 1 atom stereocenters. The van der Waals surface area contributed by atoms with E-state index in [0.717, 1.165) is 58.2 Å². The topological polar surface area (TPSA) is 46.1 Å². The normalized spacial score (nSPS) is 18.7. The van der Waals surface area contributed by atoms with Crippen molar-refractivity contribution in [3.05, 3.63) is 0 Å². The average molecular weight is 413 g/mol. The van der Waals surface area contributed by atoms with Gasteiger partial charge in [-0.15, -0.1) is 24.0 Å². The number of hydrogen-bond donors (Lipinski definition) is 1. The molecule has 1 aliphatic heterocycles. The highest BCUT2D eigenvalue weighted by atomic mass is 127. The Hall–Kier alpha value is -0.0800. The van der Waals surface area contributed by atoms with Gasteiger partial charge in [0.05, 0.1) is 6.61 Å². The number of hydrogen-bond acceptors (Lipinski definition) is 3. The molecule has 1 heterocycles. The summed E-state index contributed by atoms with van der Waals surface area (Å²) in [5.74, 6) is 1.71. The number of rotatable bonds is 9. The van der Waals surface area contributed by atoms with E-state index in [1.165, 1.54) is 12.8 Å². The van der Waals surface area contributed by atoms with Crippen LogP contribution in [0, 0.1) is 5.92 Å². The maximum Gasteiger partial charge on any atom is 0.193 e. The fourth-order valence-corrected chi connectivity index (χ4v) is 2.54. The van der Waals surface area contributed by atoms with Crippen molar-refractivity contribution in [2.24, 2.45) is 10.9 Å². The number of unbranched alkanes of at least 4 members (excludes halogenated alkanes) is 2. The monoisotopic (exact) mass is 413 g/mol. The molecular weight excluding hydrogens is 381 g/mol. The Morgan fingerprint density at radius 1 is 1.24 bits per heavy atom. The van der Waals surface area contributed by atoms with Crippen LogP contribution in [-0.2, 0) is 9.47 Å². The maximum absolute atomic E-state index is 5.25. The zero-order valence-electron chi connectivity index (χ0n) is 13.8. The average Bonchev–Trinajstić information content (AvgIpc) is 2.90. The zero-order valence-corrected chi connectivity index (χ0v) is 16.1. The van der Waals surface area contributed by atoms with Gasteiger partial charge in [0.25, 0.3) is 0 Å². The van der Waals surface area contributed by atoms with Gasteiger partial charge in [-0.1, -0.05) is 0 Å². The minimum atomic E-state index is 0. The standard InChI is InChI=1S/C15H31N3O2.HI/c1-4-16-15(17-9-6-5-7-11-19-2)18-10-8-14(12-18)13-20-3;/h14H,4-13H2,1-3H3,(H,16,17);1H. The lowest BCUT2D eigenvalue weighted by Gasteiger charge is -2.21. The van der Waals surface area contributed by atoms with Crippen LogP contribution in [0.3, 0.4) is 0 Å². The fraction of sp³-hybridized carbons (Fsp3) is 0.933. The largest absolute Gasteiger partial charge is 0.385 e. The lowest BCUT2D eigenvalue weighted by molar-refractivity contribution is 0.157. The minimum Gasteiger partial charge on any atom is -0.385 e. The lowest BCUT2D eigenvalue weighted by Crippen LogP contribution is -2.40. The Balaban J connectivity index is 0.00000400. The van der Waals surface area contributed by atoms with Crippen LogP contribution in [0.15, 0.2) is 4.99 Å². The minimum absolute atomic E-state index is 0. The van der Waals surface area contributed by atoms with E-state index in [2.05, 4.69) is 17.1 Å². The van der Waals surface area contributed by atoms with Gasteiger partial charge in [-0.3, -0.25) is 4.99 Å². The second-order valence-corrected chi connectivity index (χ2v) is 5.35. The molecule has 0 radical (unpaired) electrons. The number of likely N-dealkylation sites (tertiary alicyclic amines) is 1. The summed E-state index contributed by atoms with van der Waals surface area (Å²) in [7, 11) is 3.53. The molecule has 21 heavy (non-hydrogen) atoms. The van der Waals surface area contributed by atoms with Crippen LogP contribution < -0.4 is 5.32 Å². The van der Waals surface area contributed by atoms with E-state index in [0.29, 0.717) is 5.92 Å². The molecule has 0 aromatic rings. The summed E-state index contributed by atoms with van der Waals surface area (Å²) in [6, 6.07) is 0. The van der Waals surface area contributed by atoms with Crippen LogP contribution in [0.2, 0.25) is 0 Å². The van der Waals surface area contributed by atoms with Gasteiger partial charge < -0.3 is 19.7 Å². The molecule has 1 aliphatic rings. The number of aliphatic imine (C=N–C) groups is 1. The van der Waals surface area contributed by atoms with Crippen LogP contribution in [0.1, 0.15) is 32.6 Å². The van der Waals surface area contributed by atoms with Gasteiger partial charge in [-0.2, -0.15) is 0 Å². The van der Waals surface area contributed by atoms with Gasteiger partial charge in [-0.05, 0) is 32.6 Å². The van der Waals surface area contributed by atoms with Crippen molar-refractivity contribution in [3.63, 3.8) is 0 Å². The van der Waals surface area contributed by atoms with Crippen molar-refractivity contribution in [2.75, 3.05) is 53.6 Å². The van der Waals surface area contributed by atoms with Crippen molar-refractivity contribution >= 4 is 29.9 Å². The van der Waals surface area contributed by atoms with E-state index in [9.17, 15) is 0 Å². The first-order valence-corrected chi connectivity index (χ1v) is 7.83. The third-order valence-corrected chi connectivity index (χ3v) is 3.59. The molecular formula is C15H32IN3O2. The Bertz CT molecular complexity index is 278. The first kappa shape index (κ1) is 20.9. The van der Waals surface area contributed by atoms with Crippen molar-refractivity contribution in [1.82, 2.24) is 10.2 Å². The molecule has 0 amide bonds. The van der Waals surface area contributed by atoms with E-state index < -0.39 is 0 Å². The number of guanidine groups is 1. The Labute approximate surface area is 146 Å². The lowest BCUT2D eigenvalue weighted by atomic mass is 10.1. The summed E-state index contributed by atoms with van der Waals surface area (Å²) in [5.41, 5.74) is 0. The Kier molecular flexibility index (Phi) is 13.5. The van der Waals surface area contributed by atoms with E-state index in [-0.39, 0.29) is 24.0 Å². The zero-order chi connectivity index (χ0) is 14.6. The Morgan fingerprint density at radius 3 is 2.71 bits per heavy atom. The molecule has 0 aliphatic carbocycles. The molecule has 0 aromatic carbocycles. The molecule has 1 saturated heterocycles. The maximum atomic E-state index is 5.25. The molecule has 126 valence electrons. The van der Waals surface area contributed by atoms with Crippen LogP contribution in [0.25, 0.3) is 0 Å². The third-order valence-electron chi connectivity index (χ3n) is 3.59. The van der Waals surface area contributed by atoms with E-state index >= 15 is 0 Å². The van der Waals surface area contributed by atoms with Crippen molar-refractivity contribution < 1.29 is 9.47 Å². The van der Waals surface area contributed by atoms with Crippen LogP contribution >= 0.6 is 24.0 Å². The predicted octanol–water partition coefficient (Wildman–Crippen LogP) is 2.35. The summed E-state index contributed by atoms with van der Waals surface area (Å²) in [4.78, 5) is 7.10. The van der Waals surface area contributed by atoms with E-state index in [4.69, 9.17) is 14.5 Å². The third kappa shape index (κ3) is 8.83. The Morgan fingerprint density at radius 2 is 2.05 bits per heavy atom. The molecule has 1 fully saturated rings. The molecule has 1 N–H and O–H groups in total. The first-order valence-electron chi connectivity index (χ1n) is 7.83. The van der Waals surface area contributed by atoms with Crippen molar-refractivity contribution in [2.45, 2.75) is 32.6 Å². The van der Waals surface area contributed by atoms with Gasteiger partial charge in [0.15, 0.2) is 5.96 Å². The SMILES string of the molecule is CCNC(=NCCCCCOC)N1CCC(COC)C1.I. The summed E-state index contributed by atoms with van der Waals surface area (Å²) in [5, 5.41) is 3.40. The highest BCUT2D eigenvalue weighted by molar-refractivity contribution is 14.0. The number of halogens is 1. The molecule has 5 nitrogen and oxygen atoms in total. The van der Waals surface area contributed by atoms with Gasteiger partial charge in [-0.25, -0.2) is 0 Å². The molecule has 6 heteroatoms. The number of nitrogens with one attached hydrogen (secondary N) is 1. The van der Waals surface area contributed by atoms with Crippen LogP contribution in [-0.4, -0.2) is 64.5 Å². The first-order chi connectivity index (χ1) is 9.81. The molecule has 0 aromatic heterocycles. The highest BCUT2D eigenvalue weighted by Crippen LogP contribution is 2.16. The summed E-state index contributed by atoms with van der Waals surface area (Å²) in [6.07, 6.45) is 4.64. The predicted molar refractivity (Wildman–Crippen MR) is 98.7 cm³/mol. The molecule has 0 saturated carbocycles. The fourth-order valence-electron chi connectivity index (χ4n) is 2.54. The molecule has 0 spiro atoms. The van der Waals surface area contributed by atoms with Gasteiger partial charge in [0, 0.05) is 52.9 Å². The van der Waals surface area contributed by atoms with Gasteiger partial charge >= 0.3 is 0 Å². The van der Waals surface area contributed by atoms with Crippen LogP contribution in [0.4, 0.5) is 0 Å². The summed E-state index contributed by atoms with van der Waals surface area (Å²) < 4.78 is 10.3. The number of nitrogens with zero attached hydrogens (tertiary/aromatic N) is 2. The van der Waals surface area contributed by atoms with Crippen molar-refractivity contribution in [1.29, 1.82) is 0 Å². The van der Waals surface area contributed by atoms with Crippen molar-refractivity contribution in [3.8, 4) is 0 Å². The smallest absolute Gasteiger partial charge is 0.193 e. The number of ether oxygens (including phenoxy) is 2. The van der Waals surface area contributed by atoms with Gasteiger partial charge in [0.2, 0.25) is 0 Å².